The van der Waals surface area contributed by atoms with Crippen LogP contribution in [0.15, 0.2) is 0 Å². The van der Waals surface area contributed by atoms with Gasteiger partial charge in [-0.05, 0) is 13.8 Å². The van der Waals surface area contributed by atoms with E-state index in [1.807, 2.05) is 13.8 Å². The number of carboxylic acid groups (broad SMARTS) is 1. The minimum atomic E-state index is -1.06. The Balaban J connectivity index is 2.66. The van der Waals surface area contributed by atoms with Gasteiger partial charge in [0.1, 0.15) is 0 Å². The van der Waals surface area contributed by atoms with Gasteiger partial charge in [-0.25, -0.2) is 9.59 Å². The van der Waals surface area contributed by atoms with E-state index in [1.165, 1.54) is 4.90 Å². The number of methoxy groups -OCH3 is 1. The fraction of sp³-hybridized carbons (Fsp3) is 0.818. The third-order valence-electron chi connectivity index (χ3n) is 2.62. The summed E-state index contributed by atoms with van der Waals surface area (Å²) in [5, 5.41) is 11.8. The topological polar surface area (TPSA) is 88.1 Å². The Morgan fingerprint density at radius 1 is 1.56 bits per heavy atom. The van der Waals surface area contributed by atoms with E-state index in [0.29, 0.717) is 13.2 Å². The second-order valence-corrected chi connectivity index (χ2v) is 4.87. The van der Waals surface area contributed by atoms with Crippen molar-refractivity contribution in [2.45, 2.75) is 25.4 Å². The molecule has 1 heterocycles. The van der Waals surface area contributed by atoms with Gasteiger partial charge in [-0.15, -0.1) is 0 Å². The second kappa shape index (κ2) is 6.01. The molecule has 1 aliphatic heterocycles. The molecule has 0 aromatic rings. The van der Waals surface area contributed by atoms with Gasteiger partial charge in [0.25, 0.3) is 0 Å². The lowest BCUT2D eigenvalue weighted by Crippen LogP contribution is -2.59. The van der Waals surface area contributed by atoms with Crippen LogP contribution >= 0.6 is 0 Å². The molecule has 0 spiro atoms. The summed E-state index contributed by atoms with van der Waals surface area (Å²) in [5.74, 6) is -1.06. The van der Waals surface area contributed by atoms with Crippen LogP contribution in [-0.2, 0) is 14.3 Å². The molecule has 0 radical (unpaired) electrons. The summed E-state index contributed by atoms with van der Waals surface area (Å²) >= 11 is 0. The molecule has 1 saturated heterocycles. The monoisotopic (exact) mass is 260 g/mol. The van der Waals surface area contributed by atoms with Crippen LogP contribution in [0, 0.1) is 0 Å². The number of amides is 2. The summed E-state index contributed by atoms with van der Waals surface area (Å²) in [5.41, 5.74) is -0.548. The summed E-state index contributed by atoms with van der Waals surface area (Å²) in [7, 11) is 1.54. The first-order valence-electron chi connectivity index (χ1n) is 5.75. The maximum atomic E-state index is 12.0. The van der Waals surface area contributed by atoms with Gasteiger partial charge in [-0.1, -0.05) is 0 Å². The van der Waals surface area contributed by atoms with Crippen molar-refractivity contribution in [2.75, 3.05) is 33.5 Å². The highest BCUT2D eigenvalue weighted by molar-refractivity contribution is 5.83. The molecule has 1 fully saturated rings. The third-order valence-corrected chi connectivity index (χ3v) is 2.62. The van der Waals surface area contributed by atoms with Crippen molar-refractivity contribution in [2.24, 2.45) is 0 Å². The number of carbonyl (C=O) groups is 2. The highest BCUT2D eigenvalue weighted by atomic mass is 16.5. The minimum absolute atomic E-state index is 0.0213. The number of aliphatic carboxylic acids is 1. The number of nitrogens with one attached hydrogen (secondary N) is 1. The Bertz CT molecular complexity index is 319. The maximum Gasteiger partial charge on any atom is 0.328 e. The van der Waals surface area contributed by atoms with Crippen molar-refractivity contribution in [3.8, 4) is 0 Å². The third kappa shape index (κ3) is 3.85. The number of morpholine rings is 1. The van der Waals surface area contributed by atoms with Crippen LogP contribution in [0.4, 0.5) is 4.79 Å². The fourth-order valence-corrected chi connectivity index (χ4v) is 1.81. The molecule has 2 amide bonds. The number of rotatable bonds is 4. The first-order chi connectivity index (χ1) is 8.37. The highest BCUT2D eigenvalue weighted by Gasteiger charge is 2.34. The highest BCUT2D eigenvalue weighted by Crippen LogP contribution is 2.10. The largest absolute Gasteiger partial charge is 0.480 e. The zero-order valence-electron chi connectivity index (χ0n) is 10.9. The molecule has 0 aromatic heterocycles. The number of nitrogens with zero attached hydrogens (tertiary/aromatic N) is 1. The lowest BCUT2D eigenvalue weighted by molar-refractivity contribution is -0.147. The van der Waals surface area contributed by atoms with Crippen LogP contribution in [0.25, 0.3) is 0 Å². The molecule has 1 rings (SSSR count). The standard InChI is InChI=1S/C11H20N2O5/c1-11(2,7-17-3)12-10(16)13-4-5-18-6-8(13)9(14)15/h8H,4-7H2,1-3H3,(H,12,16)(H,14,15). The first kappa shape index (κ1) is 14.7. The predicted molar refractivity (Wildman–Crippen MR) is 63.4 cm³/mol. The molecule has 104 valence electrons. The van der Waals surface area contributed by atoms with Gasteiger partial charge in [0.15, 0.2) is 6.04 Å². The van der Waals surface area contributed by atoms with E-state index < -0.39 is 23.6 Å². The van der Waals surface area contributed by atoms with Gasteiger partial charge < -0.3 is 24.8 Å². The Kier molecular flexibility index (Phi) is 4.92. The van der Waals surface area contributed by atoms with Crippen molar-refractivity contribution >= 4 is 12.0 Å². The molecular formula is C11H20N2O5. The molecule has 7 heteroatoms. The van der Waals surface area contributed by atoms with E-state index >= 15 is 0 Å². The molecule has 7 nitrogen and oxygen atoms in total. The average Bonchev–Trinajstić information content (AvgIpc) is 2.28. The second-order valence-electron chi connectivity index (χ2n) is 4.87. The van der Waals surface area contributed by atoms with Gasteiger partial charge in [-0.3, -0.25) is 0 Å². The maximum absolute atomic E-state index is 12.0. The van der Waals surface area contributed by atoms with Gasteiger partial charge in [0.05, 0.1) is 25.4 Å². The Morgan fingerprint density at radius 3 is 2.78 bits per heavy atom. The predicted octanol–water partition coefficient (Wildman–Crippen LogP) is -0.0936. The summed E-state index contributed by atoms with van der Waals surface area (Å²) in [6, 6.07) is -1.34. The number of carboxylic acids is 1. The van der Waals surface area contributed by atoms with Crippen LogP contribution in [0.5, 0.6) is 0 Å². The molecule has 0 bridgehead atoms. The lowest BCUT2D eigenvalue weighted by atomic mass is 10.1. The number of carbonyl (C=O) groups excluding carboxylic acids is 1. The Labute approximate surface area is 106 Å². The van der Waals surface area contributed by atoms with Crippen LogP contribution in [0.1, 0.15) is 13.8 Å². The van der Waals surface area contributed by atoms with E-state index in [-0.39, 0.29) is 13.2 Å². The molecule has 0 aromatic carbocycles. The normalized spacial score (nSPS) is 20.6. The summed E-state index contributed by atoms with van der Waals surface area (Å²) in [6.07, 6.45) is 0. The molecule has 0 aliphatic carbocycles. The van der Waals surface area contributed by atoms with Crippen molar-refractivity contribution in [3.05, 3.63) is 0 Å². The molecule has 2 N–H and O–H groups in total. The molecule has 1 aliphatic rings. The number of ether oxygens (including phenoxy) is 2. The number of hydrogen-bond acceptors (Lipinski definition) is 4. The van der Waals surface area contributed by atoms with Gasteiger partial charge in [0, 0.05) is 13.7 Å². The lowest BCUT2D eigenvalue weighted by Gasteiger charge is -2.36. The molecule has 1 unspecified atom stereocenters. The van der Waals surface area contributed by atoms with Crippen LogP contribution in [0.2, 0.25) is 0 Å². The summed E-state index contributed by atoms with van der Waals surface area (Å²) in [4.78, 5) is 24.4. The van der Waals surface area contributed by atoms with Crippen LogP contribution in [-0.4, -0.2) is 67.1 Å². The zero-order chi connectivity index (χ0) is 13.8. The molecular weight excluding hydrogens is 240 g/mol. The van der Waals surface area contributed by atoms with Crippen molar-refractivity contribution < 1.29 is 24.2 Å². The van der Waals surface area contributed by atoms with Gasteiger partial charge in [-0.2, -0.15) is 0 Å². The fourth-order valence-electron chi connectivity index (χ4n) is 1.81. The van der Waals surface area contributed by atoms with Crippen LogP contribution in [0.3, 0.4) is 0 Å². The Morgan fingerprint density at radius 2 is 2.22 bits per heavy atom. The average molecular weight is 260 g/mol. The van der Waals surface area contributed by atoms with Crippen LogP contribution < -0.4 is 5.32 Å². The quantitative estimate of drug-likeness (QED) is 0.737. The van der Waals surface area contributed by atoms with E-state index in [0.717, 1.165) is 0 Å². The molecule has 1 atom stereocenters. The van der Waals surface area contributed by atoms with E-state index in [2.05, 4.69) is 5.32 Å². The van der Waals surface area contributed by atoms with E-state index in [4.69, 9.17) is 14.6 Å². The Hall–Kier alpha value is -1.34. The van der Waals surface area contributed by atoms with E-state index in [1.54, 1.807) is 7.11 Å². The molecule has 18 heavy (non-hydrogen) atoms. The zero-order valence-corrected chi connectivity index (χ0v) is 10.9. The van der Waals surface area contributed by atoms with E-state index in [9.17, 15) is 9.59 Å². The minimum Gasteiger partial charge on any atom is -0.480 e. The number of hydrogen-bond donors (Lipinski definition) is 2. The first-order valence-corrected chi connectivity index (χ1v) is 5.75. The summed E-state index contributed by atoms with van der Waals surface area (Å²) < 4.78 is 10.1. The summed E-state index contributed by atoms with van der Waals surface area (Å²) in [6.45, 7) is 4.61. The SMILES string of the molecule is COCC(C)(C)NC(=O)N1CCOCC1C(=O)O. The smallest absolute Gasteiger partial charge is 0.328 e. The van der Waals surface area contributed by atoms with Gasteiger partial charge >= 0.3 is 12.0 Å². The number of urea groups is 1. The van der Waals surface area contributed by atoms with Crippen molar-refractivity contribution in [1.29, 1.82) is 0 Å². The molecule has 0 saturated carbocycles. The van der Waals surface area contributed by atoms with Crippen molar-refractivity contribution in [3.63, 3.8) is 0 Å². The van der Waals surface area contributed by atoms with Gasteiger partial charge in [0.2, 0.25) is 0 Å². The van der Waals surface area contributed by atoms with Crippen molar-refractivity contribution in [1.82, 2.24) is 10.2 Å².